The number of hydrogen-bond donors (Lipinski definition) is 0. The van der Waals surface area contributed by atoms with E-state index >= 15 is 0 Å². The van der Waals surface area contributed by atoms with Gasteiger partial charge in [0.25, 0.3) is 0 Å². The number of aliphatic imine (C=N–C) groups is 1. The van der Waals surface area contributed by atoms with Crippen LogP contribution in [0.3, 0.4) is 0 Å². The lowest BCUT2D eigenvalue weighted by atomic mass is 10.1. The second-order valence-electron chi connectivity index (χ2n) is 3.51. The van der Waals surface area contributed by atoms with Gasteiger partial charge in [-0.3, -0.25) is 0 Å². The number of aryl methyl sites for hydroxylation is 2. The van der Waals surface area contributed by atoms with Gasteiger partial charge in [-0.05, 0) is 24.6 Å². The van der Waals surface area contributed by atoms with Crippen molar-refractivity contribution in [1.82, 2.24) is 0 Å². The summed E-state index contributed by atoms with van der Waals surface area (Å²) in [6, 6.07) is 3.38. The highest BCUT2D eigenvalue weighted by atomic mass is 35.5. The number of isocyanates is 1. The van der Waals surface area contributed by atoms with Crippen LogP contribution in [-0.2, 0) is 11.2 Å². The van der Waals surface area contributed by atoms with Gasteiger partial charge >= 0.3 is 0 Å². The van der Waals surface area contributed by atoms with Crippen molar-refractivity contribution in [3.63, 3.8) is 0 Å². The summed E-state index contributed by atoms with van der Waals surface area (Å²) >= 11 is 6.06. The van der Waals surface area contributed by atoms with Gasteiger partial charge in [-0.15, -0.1) is 0 Å². The minimum Gasteiger partial charge on any atom is -0.459 e. The van der Waals surface area contributed by atoms with E-state index in [-0.39, 0.29) is 0 Å². The van der Waals surface area contributed by atoms with Crippen molar-refractivity contribution in [1.29, 1.82) is 0 Å². The van der Waals surface area contributed by atoms with Crippen LogP contribution in [0, 0.1) is 6.92 Å². The van der Waals surface area contributed by atoms with Gasteiger partial charge in [-0.2, -0.15) is 4.99 Å². The van der Waals surface area contributed by atoms with Gasteiger partial charge in [0.15, 0.2) is 5.58 Å². The number of fused-ring (bicyclic) bond motifs is 1. The van der Waals surface area contributed by atoms with Gasteiger partial charge < -0.3 is 4.42 Å². The molecule has 0 saturated carbocycles. The van der Waals surface area contributed by atoms with E-state index in [0.717, 1.165) is 23.1 Å². The second kappa shape index (κ2) is 4.12. The molecule has 1 aromatic carbocycles. The Kier molecular flexibility index (Phi) is 2.82. The Balaban J connectivity index is 2.79. The lowest BCUT2D eigenvalue weighted by molar-refractivity contribution is 0.553. The zero-order chi connectivity index (χ0) is 11.7. The van der Waals surface area contributed by atoms with Crippen molar-refractivity contribution in [2.45, 2.75) is 20.3 Å². The predicted octanol–water partition coefficient (Wildman–Crippen LogP) is 3.92. The fourth-order valence-electron chi connectivity index (χ4n) is 1.77. The van der Waals surface area contributed by atoms with Crippen LogP contribution in [0.1, 0.15) is 18.2 Å². The zero-order valence-electron chi connectivity index (χ0n) is 9.00. The van der Waals surface area contributed by atoms with Crippen molar-refractivity contribution in [2.24, 2.45) is 4.99 Å². The summed E-state index contributed by atoms with van der Waals surface area (Å²) in [4.78, 5) is 13.8. The fraction of sp³-hybridized carbons (Fsp3) is 0.250. The van der Waals surface area contributed by atoms with Crippen molar-refractivity contribution in [3.05, 3.63) is 28.5 Å². The smallest absolute Gasteiger partial charge is 0.240 e. The molecule has 0 aliphatic rings. The molecule has 0 atom stereocenters. The first kappa shape index (κ1) is 10.9. The molecule has 1 heterocycles. The molecule has 0 spiro atoms. The molecule has 0 fully saturated rings. The van der Waals surface area contributed by atoms with Crippen LogP contribution in [0.5, 0.6) is 0 Å². The molecule has 82 valence electrons. The topological polar surface area (TPSA) is 42.6 Å². The number of halogens is 1. The Morgan fingerprint density at radius 2 is 2.25 bits per heavy atom. The SMILES string of the molecule is CCc1oc2c(Cl)cc(N=C=O)cc2c1C. The number of rotatable bonds is 2. The Hall–Kier alpha value is -1.57. The van der Waals surface area contributed by atoms with Crippen LogP contribution in [0.15, 0.2) is 21.5 Å². The van der Waals surface area contributed by atoms with E-state index in [2.05, 4.69) is 4.99 Å². The van der Waals surface area contributed by atoms with E-state index in [9.17, 15) is 4.79 Å². The van der Waals surface area contributed by atoms with Gasteiger partial charge in [0.2, 0.25) is 6.08 Å². The molecule has 2 rings (SSSR count). The third-order valence-electron chi connectivity index (χ3n) is 2.57. The van der Waals surface area contributed by atoms with Crippen LogP contribution in [-0.4, -0.2) is 6.08 Å². The first-order valence-corrected chi connectivity index (χ1v) is 5.34. The summed E-state index contributed by atoms with van der Waals surface area (Å²) in [7, 11) is 0. The van der Waals surface area contributed by atoms with Crippen molar-refractivity contribution in [2.75, 3.05) is 0 Å². The normalized spacial score (nSPS) is 10.4. The number of furan rings is 1. The highest BCUT2D eigenvalue weighted by Crippen LogP contribution is 2.34. The van der Waals surface area contributed by atoms with E-state index in [1.807, 2.05) is 13.8 Å². The van der Waals surface area contributed by atoms with Crippen LogP contribution in [0.2, 0.25) is 5.02 Å². The summed E-state index contributed by atoms with van der Waals surface area (Å²) in [5.74, 6) is 0.907. The van der Waals surface area contributed by atoms with Crippen LogP contribution in [0.4, 0.5) is 5.69 Å². The number of hydrogen-bond acceptors (Lipinski definition) is 3. The maximum atomic E-state index is 10.2. The average Bonchev–Trinajstić information content (AvgIpc) is 2.57. The third-order valence-corrected chi connectivity index (χ3v) is 2.85. The third kappa shape index (κ3) is 1.64. The van der Waals surface area contributed by atoms with Gasteiger partial charge in [-0.25, -0.2) is 4.79 Å². The maximum absolute atomic E-state index is 10.2. The van der Waals surface area contributed by atoms with E-state index in [1.54, 1.807) is 12.1 Å². The van der Waals surface area contributed by atoms with Crippen LogP contribution in [0.25, 0.3) is 11.0 Å². The summed E-state index contributed by atoms with van der Waals surface area (Å²) < 4.78 is 5.64. The Morgan fingerprint density at radius 1 is 1.50 bits per heavy atom. The van der Waals surface area contributed by atoms with Gasteiger partial charge in [0.1, 0.15) is 5.76 Å². The summed E-state index contributed by atoms with van der Waals surface area (Å²) in [5, 5.41) is 1.37. The Morgan fingerprint density at radius 3 is 2.88 bits per heavy atom. The molecule has 0 N–H and O–H groups in total. The second-order valence-corrected chi connectivity index (χ2v) is 3.92. The minimum atomic E-state index is 0.467. The largest absolute Gasteiger partial charge is 0.459 e. The Labute approximate surface area is 97.7 Å². The standard InChI is InChI=1S/C12H10ClNO2/c1-3-11-7(2)9-4-8(14-6-15)5-10(13)12(9)16-11/h4-5H,3H2,1-2H3. The van der Waals surface area contributed by atoms with E-state index < -0.39 is 0 Å². The molecule has 0 aliphatic heterocycles. The molecule has 0 aliphatic carbocycles. The molecule has 1 aromatic heterocycles. The summed E-state index contributed by atoms with van der Waals surface area (Å²) in [6.07, 6.45) is 2.31. The first-order valence-electron chi connectivity index (χ1n) is 4.96. The summed E-state index contributed by atoms with van der Waals surface area (Å²) in [5.41, 5.74) is 2.20. The number of nitrogens with zero attached hydrogens (tertiary/aromatic N) is 1. The van der Waals surface area contributed by atoms with Gasteiger partial charge in [-0.1, -0.05) is 18.5 Å². The predicted molar refractivity (Wildman–Crippen MR) is 63.1 cm³/mol. The molecule has 2 aromatic rings. The van der Waals surface area contributed by atoms with Crippen molar-refractivity contribution in [3.8, 4) is 0 Å². The summed E-state index contributed by atoms with van der Waals surface area (Å²) in [6.45, 7) is 3.98. The van der Waals surface area contributed by atoms with Gasteiger partial charge in [0.05, 0.1) is 10.7 Å². The van der Waals surface area contributed by atoms with E-state index in [4.69, 9.17) is 16.0 Å². The Bertz CT molecular complexity index is 595. The minimum absolute atomic E-state index is 0.467. The monoisotopic (exact) mass is 235 g/mol. The molecule has 0 unspecified atom stereocenters. The molecule has 0 saturated heterocycles. The zero-order valence-corrected chi connectivity index (χ0v) is 9.76. The first-order chi connectivity index (χ1) is 7.67. The lowest BCUT2D eigenvalue weighted by Gasteiger charge is -1.95. The number of benzene rings is 1. The highest BCUT2D eigenvalue weighted by Gasteiger charge is 2.12. The molecule has 0 bridgehead atoms. The number of carbonyl (C=O) groups excluding carboxylic acids is 1. The van der Waals surface area contributed by atoms with Crippen molar-refractivity contribution < 1.29 is 9.21 Å². The molecule has 0 amide bonds. The lowest BCUT2D eigenvalue weighted by Crippen LogP contribution is -1.77. The van der Waals surface area contributed by atoms with E-state index in [1.165, 1.54) is 6.08 Å². The van der Waals surface area contributed by atoms with Crippen LogP contribution >= 0.6 is 11.6 Å². The van der Waals surface area contributed by atoms with E-state index in [0.29, 0.717) is 16.3 Å². The molecule has 16 heavy (non-hydrogen) atoms. The quantitative estimate of drug-likeness (QED) is 0.585. The maximum Gasteiger partial charge on any atom is 0.240 e. The highest BCUT2D eigenvalue weighted by molar-refractivity contribution is 6.35. The molecule has 0 radical (unpaired) electrons. The van der Waals surface area contributed by atoms with Crippen LogP contribution < -0.4 is 0 Å². The fourth-order valence-corrected chi connectivity index (χ4v) is 2.02. The van der Waals surface area contributed by atoms with Gasteiger partial charge in [0, 0.05) is 11.8 Å². The molecular formula is C12H10ClNO2. The molecular weight excluding hydrogens is 226 g/mol. The van der Waals surface area contributed by atoms with Crippen molar-refractivity contribution >= 4 is 34.3 Å². The molecule has 4 heteroatoms. The average molecular weight is 236 g/mol. The molecule has 3 nitrogen and oxygen atoms in total.